The average Bonchev–Trinajstić information content (AvgIpc) is 2.79. The number of aryl methyl sites for hydroxylation is 1. The highest BCUT2D eigenvalue weighted by Crippen LogP contribution is 2.15. The highest BCUT2D eigenvalue weighted by molar-refractivity contribution is 5.20. The van der Waals surface area contributed by atoms with Crippen molar-refractivity contribution in [2.24, 2.45) is 7.05 Å². The Morgan fingerprint density at radius 1 is 1.32 bits per heavy atom. The van der Waals surface area contributed by atoms with Gasteiger partial charge in [0.05, 0.1) is 6.20 Å². The van der Waals surface area contributed by atoms with Crippen molar-refractivity contribution in [2.75, 3.05) is 7.05 Å². The minimum absolute atomic E-state index is 0.0421. The molecule has 0 aliphatic rings. The summed E-state index contributed by atoms with van der Waals surface area (Å²) in [6, 6.07) is 4.32. The molecule has 1 heterocycles. The third-order valence-electron chi connectivity index (χ3n) is 3.15. The molecular weight excluding hydrogens is 248 g/mol. The minimum Gasteiger partial charge on any atom is -0.316 e. The summed E-state index contributed by atoms with van der Waals surface area (Å²) in [4.78, 5) is 0. The van der Waals surface area contributed by atoms with E-state index in [0.29, 0.717) is 12.0 Å². The quantitative estimate of drug-likeness (QED) is 0.897. The van der Waals surface area contributed by atoms with Crippen molar-refractivity contribution in [3.63, 3.8) is 0 Å². The van der Waals surface area contributed by atoms with Gasteiger partial charge in [0.2, 0.25) is 0 Å². The van der Waals surface area contributed by atoms with Gasteiger partial charge < -0.3 is 5.32 Å². The molecule has 2 rings (SSSR count). The number of nitrogens with one attached hydrogen (secondary N) is 1. The monoisotopic (exact) mass is 265 g/mol. The lowest BCUT2D eigenvalue weighted by molar-refractivity contribution is 0.482. The van der Waals surface area contributed by atoms with Crippen LogP contribution in [0.2, 0.25) is 0 Å². The van der Waals surface area contributed by atoms with E-state index in [1.807, 2.05) is 20.3 Å². The van der Waals surface area contributed by atoms with Gasteiger partial charge in [0.1, 0.15) is 0 Å². The summed E-state index contributed by atoms with van der Waals surface area (Å²) in [7, 11) is 3.67. The maximum Gasteiger partial charge on any atom is 0.162 e. The third-order valence-corrected chi connectivity index (χ3v) is 3.15. The Kier molecular flexibility index (Phi) is 4.27. The van der Waals surface area contributed by atoms with Crippen LogP contribution in [0.3, 0.4) is 0 Å². The van der Waals surface area contributed by atoms with Gasteiger partial charge in [-0.3, -0.25) is 4.68 Å². The number of rotatable bonds is 5. The molecule has 1 unspecified atom stereocenters. The maximum absolute atomic E-state index is 13.6. The number of halogens is 2. The molecule has 0 spiro atoms. The van der Waals surface area contributed by atoms with Crippen molar-refractivity contribution in [1.82, 2.24) is 15.1 Å². The molecule has 2 aromatic rings. The lowest BCUT2D eigenvalue weighted by Crippen LogP contribution is -2.30. The van der Waals surface area contributed by atoms with Crippen LogP contribution >= 0.6 is 0 Å². The molecule has 0 fully saturated rings. The molecule has 102 valence electrons. The average molecular weight is 265 g/mol. The van der Waals surface area contributed by atoms with E-state index in [9.17, 15) is 8.78 Å². The van der Waals surface area contributed by atoms with Crippen molar-refractivity contribution in [1.29, 1.82) is 0 Å². The molecule has 5 heteroatoms. The van der Waals surface area contributed by atoms with Gasteiger partial charge in [0, 0.05) is 19.3 Å². The summed E-state index contributed by atoms with van der Waals surface area (Å²) in [5, 5.41) is 7.23. The van der Waals surface area contributed by atoms with E-state index >= 15 is 0 Å². The second-order valence-electron chi connectivity index (χ2n) is 4.63. The first kappa shape index (κ1) is 13.7. The zero-order valence-corrected chi connectivity index (χ0v) is 11.0. The second kappa shape index (κ2) is 5.93. The molecule has 1 N–H and O–H groups in total. The van der Waals surface area contributed by atoms with E-state index in [2.05, 4.69) is 10.4 Å². The van der Waals surface area contributed by atoms with Gasteiger partial charge >= 0.3 is 0 Å². The Morgan fingerprint density at radius 3 is 2.74 bits per heavy atom. The molecule has 19 heavy (non-hydrogen) atoms. The van der Waals surface area contributed by atoms with Gasteiger partial charge in [0.25, 0.3) is 0 Å². The van der Waals surface area contributed by atoms with Crippen molar-refractivity contribution in [3.05, 3.63) is 53.4 Å². The molecule has 0 saturated carbocycles. The zero-order chi connectivity index (χ0) is 13.8. The lowest BCUT2D eigenvalue weighted by Gasteiger charge is -2.15. The first-order chi connectivity index (χ1) is 9.10. The van der Waals surface area contributed by atoms with Gasteiger partial charge in [-0.1, -0.05) is 12.1 Å². The van der Waals surface area contributed by atoms with Crippen LogP contribution in [0.15, 0.2) is 30.6 Å². The summed E-state index contributed by atoms with van der Waals surface area (Å²) < 4.78 is 28.5. The van der Waals surface area contributed by atoms with Crippen LogP contribution in [0.5, 0.6) is 0 Å². The first-order valence-corrected chi connectivity index (χ1v) is 6.18. The van der Waals surface area contributed by atoms with Gasteiger partial charge in [-0.25, -0.2) is 8.78 Å². The molecule has 0 amide bonds. The fourth-order valence-electron chi connectivity index (χ4n) is 2.11. The molecule has 0 bridgehead atoms. The summed E-state index contributed by atoms with van der Waals surface area (Å²) in [6.45, 7) is 0. The zero-order valence-electron chi connectivity index (χ0n) is 11.0. The third kappa shape index (κ3) is 3.38. The molecule has 1 atom stereocenters. The normalized spacial score (nSPS) is 12.6. The summed E-state index contributed by atoms with van der Waals surface area (Å²) in [6.07, 6.45) is 4.87. The van der Waals surface area contributed by atoms with Crippen molar-refractivity contribution < 1.29 is 8.78 Å². The van der Waals surface area contributed by atoms with Crippen molar-refractivity contribution in [3.8, 4) is 0 Å². The smallest absolute Gasteiger partial charge is 0.162 e. The Labute approximate surface area is 111 Å². The summed E-state index contributed by atoms with van der Waals surface area (Å²) >= 11 is 0. The van der Waals surface area contributed by atoms with Gasteiger partial charge in [-0.2, -0.15) is 5.10 Å². The highest BCUT2D eigenvalue weighted by Gasteiger charge is 2.14. The summed E-state index contributed by atoms with van der Waals surface area (Å²) in [5.41, 5.74) is 1.46. The molecule has 1 aromatic carbocycles. The Balaban J connectivity index is 2.08. The molecule has 1 aromatic heterocycles. The fourth-order valence-corrected chi connectivity index (χ4v) is 2.11. The van der Waals surface area contributed by atoms with E-state index < -0.39 is 11.6 Å². The summed E-state index contributed by atoms with van der Waals surface area (Å²) in [5.74, 6) is -1.55. The second-order valence-corrected chi connectivity index (χ2v) is 4.63. The maximum atomic E-state index is 13.6. The van der Waals surface area contributed by atoms with Crippen LogP contribution < -0.4 is 5.32 Å². The van der Waals surface area contributed by atoms with Crippen LogP contribution in [-0.2, 0) is 19.9 Å². The Bertz CT molecular complexity index is 551. The number of benzene rings is 1. The molecule has 0 aliphatic carbocycles. The lowest BCUT2D eigenvalue weighted by atomic mass is 10.0. The molecular formula is C14H17F2N3. The van der Waals surface area contributed by atoms with E-state index in [0.717, 1.165) is 18.1 Å². The topological polar surface area (TPSA) is 29.9 Å². The van der Waals surface area contributed by atoms with Crippen molar-refractivity contribution >= 4 is 0 Å². The van der Waals surface area contributed by atoms with Crippen LogP contribution in [0.4, 0.5) is 8.78 Å². The van der Waals surface area contributed by atoms with Crippen LogP contribution in [-0.4, -0.2) is 22.9 Å². The highest BCUT2D eigenvalue weighted by atomic mass is 19.2. The predicted octanol–water partition coefficient (Wildman–Crippen LogP) is 2.07. The predicted molar refractivity (Wildman–Crippen MR) is 69.8 cm³/mol. The van der Waals surface area contributed by atoms with E-state index in [4.69, 9.17) is 0 Å². The standard InChI is InChI=1S/C14H17F2N3/c1-17-12(6-10-8-18-19(2)9-10)7-11-4-3-5-13(15)14(11)16/h3-5,8-9,12,17H,6-7H2,1-2H3. The SMILES string of the molecule is CNC(Cc1cnn(C)c1)Cc1cccc(F)c1F. The van der Waals surface area contributed by atoms with E-state index in [1.54, 1.807) is 16.9 Å². The Hall–Kier alpha value is -1.75. The molecule has 0 radical (unpaired) electrons. The molecule has 0 saturated heterocycles. The number of hydrogen-bond donors (Lipinski definition) is 1. The van der Waals surface area contributed by atoms with Crippen LogP contribution in [0.1, 0.15) is 11.1 Å². The fraction of sp³-hybridized carbons (Fsp3) is 0.357. The van der Waals surface area contributed by atoms with Gasteiger partial charge in [-0.15, -0.1) is 0 Å². The van der Waals surface area contributed by atoms with Gasteiger partial charge in [0.15, 0.2) is 11.6 Å². The number of likely N-dealkylation sites (N-methyl/N-ethyl adjacent to an activating group) is 1. The molecule has 0 aliphatic heterocycles. The first-order valence-electron chi connectivity index (χ1n) is 6.18. The van der Waals surface area contributed by atoms with Crippen LogP contribution in [0.25, 0.3) is 0 Å². The largest absolute Gasteiger partial charge is 0.316 e. The van der Waals surface area contributed by atoms with E-state index in [-0.39, 0.29) is 6.04 Å². The minimum atomic E-state index is -0.797. The van der Waals surface area contributed by atoms with Gasteiger partial charge in [-0.05, 0) is 37.1 Å². The number of nitrogens with zero attached hydrogens (tertiary/aromatic N) is 2. The van der Waals surface area contributed by atoms with Crippen molar-refractivity contribution in [2.45, 2.75) is 18.9 Å². The van der Waals surface area contributed by atoms with Crippen LogP contribution in [0, 0.1) is 11.6 Å². The molecule has 3 nitrogen and oxygen atoms in total. The Morgan fingerprint density at radius 2 is 2.11 bits per heavy atom. The van der Waals surface area contributed by atoms with E-state index in [1.165, 1.54) is 6.07 Å². The number of aromatic nitrogens is 2. The number of hydrogen-bond acceptors (Lipinski definition) is 2.